The summed E-state index contributed by atoms with van der Waals surface area (Å²) in [5, 5.41) is 8.35. The first-order valence-electron chi connectivity index (χ1n) is 9.64. The second kappa shape index (κ2) is 5.45. The van der Waals surface area contributed by atoms with Crippen molar-refractivity contribution in [3.8, 4) is 0 Å². The van der Waals surface area contributed by atoms with Crippen LogP contribution >= 0.6 is 0 Å². The molecule has 0 aromatic carbocycles. The molecule has 0 amide bonds. The zero-order chi connectivity index (χ0) is 16.1. The first-order chi connectivity index (χ1) is 11.8. The summed E-state index contributed by atoms with van der Waals surface area (Å²) in [7, 11) is 0. The first kappa shape index (κ1) is 14.7. The summed E-state index contributed by atoms with van der Waals surface area (Å²) < 4.78 is 2.02. The smallest absolute Gasteiger partial charge is 0.157 e. The van der Waals surface area contributed by atoms with Crippen LogP contribution in [0.2, 0.25) is 0 Å². The lowest BCUT2D eigenvalue weighted by Gasteiger charge is -2.33. The van der Waals surface area contributed by atoms with Crippen molar-refractivity contribution in [3.05, 3.63) is 23.5 Å². The standard InChI is InChI=1S/C19H27N5/c20-13-4-5-14(12-13)22-18-15-6-10-19(8-2-1-3-9-19)17(15)23-16-7-11-21-24(16)18/h7,11,13-14,22H,1-6,8-10,12,20H2/t13-,14-/m0/s1. The molecule has 2 fully saturated rings. The van der Waals surface area contributed by atoms with Crippen LogP contribution in [0, 0.1) is 0 Å². The average Bonchev–Trinajstić information content (AvgIpc) is 3.29. The molecule has 24 heavy (non-hydrogen) atoms. The van der Waals surface area contributed by atoms with Crippen LogP contribution in [0.4, 0.5) is 5.82 Å². The fourth-order valence-corrected chi connectivity index (χ4v) is 5.34. The minimum absolute atomic E-state index is 0.335. The van der Waals surface area contributed by atoms with Crippen molar-refractivity contribution in [2.75, 3.05) is 5.32 Å². The van der Waals surface area contributed by atoms with Gasteiger partial charge in [0.15, 0.2) is 5.65 Å². The van der Waals surface area contributed by atoms with Crippen LogP contribution in [0.3, 0.4) is 0 Å². The van der Waals surface area contributed by atoms with E-state index in [0.717, 1.165) is 31.3 Å². The zero-order valence-corrected chi connectivity index (χ0v) is 14.3. The van der Waals surface area contributed by atoms with Gasteiger partial charge >= 0.3 is 0 Å². The molecule has 5 nitrogen and oxygen atoms in total. The number of fused-ring (bicyclic) bond motifs is 3. The van der Waals surface area contributed by atoms with Crippen molar-refractivity contribution in [3.63, 3.8) is 0 Å². The minimum Gasteiger partial charge on any atom is -0.367 e. The van der Waals surface area contributed by atoms with Gasteiger partial charge < -0.3 is 11.1 Å². The van der Waals surface area contributed by atoms with E-state index in [-0.39, 0.29) is 0 Å². The largest absolute Gasteiger partial charge is 0.367 e. The van der Waals surface area contributed by atoms with E-state index >= 15 is 0 Å². The van der Waals surface area contributed by atoms with Gasteiger partial charge in [-0.2, -0.15) is 9.61 Å². The van der Waals surface area contributed by atoms with E-state index in [0.29, 0.717) is 17.5 Å². The van der Waals surface area contributed by atoms with Gasteiger partial charge in [-0.25, -0.2) is 4.98 Å². The van der Waals surface area contributed by atoms with Crippen LogP contribution in [-0.2, 0) is 11.8 Å². The van der Waals surface area contributed by atoms with Crippen molar-refractivity contribution in [1.29, 1.82) is 0 Å². The molecule has 2 heterocycles. The van der Waals surface area contributed by atoms with E-state index in [2.05, 4.69) is 10.4 Å². The molecule has 0 radical (unpaired) electrons. The van der Waals surface area contributed by atoms with Gasteiger partial charge in [-0.3, -0.25) is 0 Å². The van der Waals surface area contributed by atoms with E-state index in [1.807, 2.05) is 16.8 Å². The lowest BCUT2D eigenvalue weighted by molar-refractivity contribution is 0.286. The Morgan fingerprint density at radius 2 is 2.04 bits per heavy atom. The molecule has 1 spiro atoms. The number of nitrogens with two attached hydrogens (primary N) is 1. The van der Waals surface area contributed by atoms with E-state index < -0.39 is 0 Å². The highest BCUT2D eigenvalue weighted by atomic mass is 15.3. The second-order valence-electron chi connectivity index (χ2n) is 8.14. The van der Waals surface area contributed by atoms with Crippen LogP contribution < -0.4 is 11.1 Å². The fourth-order valence-electron chi connectivity index (χ4n) is 5.34. The van der Waals surface area contributed by atoms with E-state index in [9.17, 15) is 0 Å². The van der Waals surface area contributed by atoms with Gasteiger partial charge in [-0.15, -0.1) is 0 Å². The highest BCUT2D eigenvalue weighted by Crippen LogP contribution is 2.49. The van der Waals surface area contributed by atoms with Crippen molar-refractivity contribution in [2.24, 2.45) is 5.73 Å². The van der Waals surface area contributed by atoms with Crippen molar-refractivity contribution >= 4 is 11.5 Å². The Balaban J connectivity index is 1.60. The Bertz CT molecular complexity index is 758. The van der Waals surface area contributed by atoms with Gasteiger partial charge in [0, 0.05) is 29.1 Å². The second-order valence-corrected chi connectivity index (χ2v) is 8.14. The number of nitrogens with one attached hydrogen (secondary N) is 1. The molecular weight excluding hydrogens is 298 g/mol. The molecule has 0 aliphatic heterocycles. The predicted octanol–water partition coefficient (Wildman–Crippen LogP) is 3.17. The quantitative estimate of drug-likeness (QED) is 0.890. The first-order valence-corrected chi connectivity index (χ1v) is 9.64. The number of hydrogen-bond acceptors (Lipinski definition) is 4. The van der Waals surface area contributed by atoms with Crippen molar-refractivity contribution in [2.45, 2.75) is 81.7 Å². The summed E-state index contributed by atoms with van der Waals surface area (Å²) in [5.74, 6) is 1.20. The van der Waals surface area contributed by atoms with Gasteiger partial charge in [0.05, 0.1) is 11.9 Å². The summed E-state index contributed by atoms with van der Waals surface area (Å²) in [4.78, 5) is 5.08. The van der Waals surface area contributed by atoms with E-state index in [1.54, 1.807) is 0 Å². The molecule has 2 aromatic rings. The average molecular weight is 325 g/mol. The summed E-state index contributed by atoms with van der Waals surface area (Å²) in [6.07, 6.45) is 14.3. The Kier molecular flexibility index (Phi) is 3.34. The van der Waals surface area contributed by atoms with Gasteiger partial charge in [-0.1, -0.05) is 19.3 Å². The maximum Gasteiger partial charge on any atom is 0.157 e. The molecule has 0 bridgehead atoms. The molecule has 5 rings (SSSR count). The topological polar surface area (TPSA) is 68.2 Å². The number of nitrogens with zero attached hydrogens (tertiary/aromatic N) is 3. The molecule has 3 aliphatic carbocycles. The summed E-state index contributed by atoms with van der Waals surface area (Å²) >= 11 is 0. The third-order valence-electron chi connectivity index (χ3n) is 6.61. The van der Waals surface area contributed by atoms with Crippen molar-refractivity contribution < 1.29 is 0 Å². The van der Waals surface area contributed by atoms with Gasteiger partial charge in [0.25, 0.3) is 0 Å². The van der Waals surface area contributed by atoms with Crippen LogP contribution in [0.15, 0.2) is 12.3 Å². The van der Waals surface area contributed by atoms with Gasteiger partial charge in [-0.05, 0) is 44.9 Å². The lowest BCUT2D eigenvalue weighted by atomic mass is 9.72. The number of aromatic nitrogens is 3. The molecular formula is C19H27N5. The maximum atomic E-state index is 6.12. The van der Waals surface area contributed by atoms with Crippen LogP contribution in [-0.4, -0.2) is 26.7 Å². The molecule has 2 atom stereocenters. The molecule has 5 heteroatoms. The summed E-state index contributed by atoms with van der Waals surface area (Å²) in [6, 6.07) is 2.86. The highest BCUT2D eigenvalue weighted by molar-refractivity contribution is 5.59. The Morgan fingerprint density at radius 1 is 1.17 bits per heavy atom. The van der Waals surface area contributed by atoms with Crippen molar-refractivity contribution in [1.82, 2.24) is 14.6 Å². The molecule has 128 valence electrons. The monoisotopic (exact) mass is 325 g/mol. The van der Waals surface area contributed by atoms with E-state index in [4.69, 9.17) is 10.7 Å². The van der Waals surface area contributed by atoms with Crippen LogP contribution in [0.5, 0.6) is 0 Å². The fraction of sp³-hybridized carbons (Fsp3) is 0.684. The Labute approximate surface area is 143 Å². The third kappa shape index (κ3) is 2.17. The lowest BCUT2D eigenvalue weighted by Crippen LogP contribution is -2.28. The zero-order valence-electron chi connectivity index (χ0n) is 14.3. The number of hydrogen-bond donors (Lipinski definition) is 2. The van der Waals surface area contributed by atoms with Crippen LogP contribution in [0.25, 0.3) is 5.65 Å². The molecule has 3 aliphatic rings. The summed E-state index contributed by atoms with van der Waals surface area (Å²) in [5.41, 5.74) is 10.2. The number of rotatable bonds is 2. The molecule has 2 aromatic heterocycles. The minimum atomic E-state index is 0.335. The number of anilines is 1. The Hall–Kier alpha value is -1.62. The molecule has 0 saturated heterocycles. The predicted molar refractivity (Wildman–Crippen MR) is 95.3 cm³/mol. The highest BCUT2D eigenvalue weighted by Gasteiger charge is 2.43. The Morgan fingerprint density at radius 3 is 2.83 bits per heavy atom. The third-order valence-corrected chi connectivity index (χ3v) is 6.61. The van der Waals surface area contributed by atoms with E-state index in [1.165, 1.54) is 55.6 Å². The van der Waals surface area contributed by atoms with Gasteiger partial charge in [0.2, 0.25) is 0 Å². The maximum absolute atomic E-state index is 6.12. The van der Waals surface area contributed by atoms with Crippen LogP contribution in [0.1, 0.15) is 69.0 Å². The molecule has 2 saturated carbocycles. The molecule has 3 N–H and O–H groups in total. The van der Waals surface area contributed by atoms with Gasteiger partial charge in [0.1, 0.15) is 5.82 Å². The summed E-state index contributed by atoms with van der Waals surface area (Å²) in [6.45, 7) is 0. The SMILES string of the molecule is N[C@H]1CC[C@H](Nc2c3c(nc4ccnn24)C2(CCCCC2)CC3)C1. The normalized spacial score (nSPS) is 28.5. The molecule has 0 unspecified atom stereocenters.